The molecule has 8 nitrogen and oxygen atoms in total. The maximum absolute atomic E-state index is 12.3. The molecule has 26 heavy (non-hydrogen) atoms. The lowest BCUT2D eigenvalue weighted by molar-refractivity contribution is 0.0468. The number of hydrogen-bond donors (Lipinski definition) is 0. The molecule has 134 valence electrons. The number of aryl methyl sites for hydroxylation is 3. The maximum Gasteiger partial charge on any atom is 0.274 e. The Balaban J connectivity index is 1.28. The van der Waals surface area contributed by atoms with Gasteiger partial charge in [-0.1, -0.05) is 11.3 Å². The van der Waals surface area contributed by atoms with Crippen LogP contribution in [0, 0.1) is 12.8 Å². The van der Waals surface area contributed by atoms with E-state index in [1.54, 1.807) is 16.9 Å². The molecule has 0 N–H and O–H groups in total. The number of carbonyl (C=O) groups is 1. The number of aromatic nitrogens is 6. The predicted octanol–water partition coefficient (Wildman–Crippen LogP) is 1.54. The highest BCUT2D eigenvalue weighted by atomic mass is 16.2. The van der Waals surface area contributed by atoms with Crippen LogP contribution < -0.4 is 0 Å². The van der Waals surface area contributed by atoms with E-state index in [4.69, 9.17) is 0 Å². The number of nitrogens with zero attached hydrogens (tertiary/aromatic N) is 7. The van der Waals surface area contributed by atoms with Crippen molar-refractivity contribution in [2.45, 2.75) is 19.9 Å². The van der Waals surface area contributed by atoms with Crippen molar-refractivity contribution in [3.8, 4) is 11.4 Å². The van der Waals surface area contributed by atoms with Crippen molar-refractivity contribution in [3.05, 3.63) is 48.0 Å². The van der Waals surface area contributed by atoms with Gasteiger partial charge in [0.1, 0.15) is 11.4 Å². The van der Waals surface area contributed by atoms with E-state index in [9.17, 15) is 4.79 Å². The Morgan fingerprint density at radius 2 is 2.08 bits per heavy atom. The van der Waals surface area contributed by atoms with Crippen molar-refractivity contribution in [2.75, 3.05) is 13.1 Å². The Labute approximate surface area is 151 Å². The van der Waals surface area contributed by atoms with Crippen LogP contribution in [-0.2, 0) is 13.6 Å². The molecule has 0 saturated carbocycles. The molecule has 0 unspecified atom stereocenters. The van der Waals surface area contributed by atoms with Crippen LogP contribution in [0.15, 0.2) is 36.7 Å². The topological polar surface area (TPSA) is 81.7 Å². The van der Waals surface area contributed by atoms with Crippen LogP contribution in [-0.4, -0.2) is 53.7 Å². The number of hydrogen-bond acceptors (Lipinski definition) is 5. The molecule has 0 aromatic carbocycles. The summed E-state index contributed by atoms with van der Waals surface area (Å²) in [6.07, 6.45) is 4.68. The molecule has 1 saturated heterocycles. The molecule has 0 atom stereocenters. The van der Waals surface area contributed by atoms with Crippen molar-refractivity contribution in [3.63, 3.8) is 0 Å². The third-order valence-electron chi connectivity index (χ3n) is 4.63. The number of pyridine rings is 1. The third-order valence-corrected chi connectivity index (χ3v) is 4.63. The Kier molecular flexibility index (Phi) is 4.24. The minimum atomic E-state index is 0.00964. The van der Waals surface area contributed by atoms with Gasteiger partial charge in [-0.25, -0.2) is 0 Å². The fourth-order valence-corrected chi connectivity index (χ4v) is 3.14. The van der Waals surface area contributed by atoms with E-state index in [0.717, 1.165) is 43.1 Å². The van der Waals surface area contributed by atoms with Gasteiger partial charge in [-0.3, -0.25) is 19.1 Å². The van der Waals surface area contributed by atoms with Gasteiger partial charge in [-0.2, -0.15) is 5.10 Å². The molecule has 0 bridgehead atoms. The Bertz CT molecular complexity index is 923. The lowest BCUT2D eigenvalue weighted by atomic mass is 9.96. The summed E-state index contributed by atoms with van der Waals surface area (Å²) in [6.45, 7) is 4.30. The first-order valence-electron chi connectivity index (χ1n) is 8.71. The van der Waals surface area contributed by atoms with Crippen molar-refractivity contribution in [2.24, 2.45) is 13.0 Å². The molecule has 3 aromatic rings. The number of carbonyl (C=O) groups excluding carboxylic acids is 1. The average molecular weight is 351 g/mol. The average Bonchev–Trinajstić information content (AvgIpc) is 3.22. The first-order valence-corrected chi connectivity index (χ1v) is 8.71. The van der Waals surface area contributed by atoms with Crippen LogP contribution in [0.1, 0.15) is 22.6 Å². The van der Waals surface area contributed by atoms with E-state index < -0.39 is 0 Å². The van der Waals surface area contributed by atoms with Crippen molar-refractivity contribution in [1.82, 2.24) is 34.7 Å². The molecule has 4 rings (SSSR count). The van der Waals surface area contributed by atoms with Crippen molar-refractivity contribution < 1.29 is 4.79 Å². The largest absolute Gasteiger partial charge is 0.337 e. The molecule has 0 aliphatic carbocycles. The molecule has 1 amide bonds. The van der Waals surface area contributed by atoms with E-state index >= 15 is 0 Å². The van der Waals surface area contributed by atoms with Gasteiger partial charge in [-0.15, -0.1) is 5.10 Å². The summed E-state index contributed by atoms with van der Waals surface area (Å²) in [7, 11) is 1.81. The quantitative estimate of drug-likeness (QED) is 0.696. The van der Waals surface area contributed by atoms with Crippen molar-refractivity contribution in [1.29, 1.82) is 0 Å². The fourth-order valence-electron chi connectivity index (χ4n) is 3.14. The minimum Gasteiger partial charge on any atom is -0.337 e. The summed E-state index contributed by atoms with van der Waals surface area (Å²) >= 11 is 0. The van der Waals surface area contributed by atoms with Gasteiger partial charge >= 0.3 is 0 Å². The Morgan fingerprint density at radius 3 is 2.81 bits per heavy atom. The molecule has 3 aromatic heterocycles. The molecular weight excluding hydrogens is 330 g/mol. The molecule has 8 heteroatoms. The molecule has 1 aliphatic heterocycles. The Hall–Kier alpha value is -3.03. The van der Waals surface area contributed by atoms with Crippen LogP contribution in [0.2, 0.25) is 0 Å². The number of rotatable bonds is 5. The number of amides is 1. The highest BCUT2D eigenvalue weighted by Crippen LogP contribution is 2.22. The van der Waals surface area contributed by atoms with E-state index in [1.165, 1.54) is 0 Å². The van der Waals surface area contributed by atoms with E-state index in [0.29, 0.717) is 11.6 Å². The second-order valence-electron chi connectivity index (χ2n) is 6.77. The Morgan fingerprint density at radius 1 is 1.23 bits per heavy atom. The second-order valence-corrected chi connectivity index (χ2v) is 6.77. The first kappa shape index (κ1) is 16.4. The van der Waals surface area contributed by atoms with Gasteiger partial charge in [0.2, 0.25) is 0 Å². The van der Waals surface area contributed by atoms with Gasteiger partial charge in [0, 0.05) is 38.6 Å². The maximum atomic E-state index is 12.3. The molecule has 0 spiro atoms. The molecule has 4 heterocycles. The smallest absolute Gasteiger partial charge is 0.274 e. The molecule has 1 aliphatic rings. The SMILES string of the molecule is Cc1cccc(-c2cn(CCC3CN(C(=O)c4ccn(C)n4)C3)nn2)n1. The summed E-state index contributed by atoms with van der Waals surface area (Å²) < 4.78 is 3.50. The van der Waals surface area contributed by atoms with Gasteiger partial charge in [-0.05, 0) is 37.5 Å². The zero-order valence-corrected chi connectivity index (χ0v) is 14.9. The molecule has 0 radical (unpaired) electrons. The van der Waals surface area contributed by atoms with E-state index in [-0.39, 0.29) is 5.91 Å². The van der Waals surface area contributed by atoms with Crippen LogP contribution in [0.5, 0.6) is 0 Å². The fraction of sp³-hybridized carbons (Fsp3) is 0.389. The summed E-state index contributed by atoms with van der Waals surface area (Å²) in [5, 5.41) is 12.6. The standard InChI is InChI=1S/C18H21N7O/c1-13-4-3-5-15(19-13)17-12-25(22-20-17)9-6-14-10-24(11-14)18(26)16-7-8-23(2)21-16/h3-5,7-8,12,14H,6,9-11H2,1-2H3. The molecule has 1 fully saturated rings. The van der Waals surface area contributed by atoms with Gasteiger partial charge in [0.25, 0.3) is 5.91 Å². The summed E-state index contributed by atoms with van der Waals surface area (Å²) in [5.74, 6) is 0.503. The van der Waals surface area contributed by atoms with E-state index in [1.807, 2.05) is 47.9 Å². The highest BCUT2D eigenvalue weighted by molar-refractivity contribution is 5.92. The van der Waals surface area contributed by atoms with Crippen LogP contribution in [0.3, 0.4) is 0 Å². The van der Waals surface area contributed by atoms with Crippen molar-refractivity contribution >= 4 is 5.91 Å². The lowest BCUT2D eigenvalue weighted by Crippen LogP contribution is -2.50. The zero-order chi connectivity index (χ0) is 18.1. The summed E-state index contributed by atoms with van der Waals surface area (Å²) in [6, 6.07) is 7.63. The van der Waals surface area contributed by atoms with Crippen LogP contribution in [0.25, 0.3) is 11.4 Å². The van der Waals surface area contributed by atoms with E-state index in [2.05, 4.69) is 20.4 Å². The summed E-state index contributed by atoms with van der Waals surface area (Å²) in [4.78, 5) is 18.6. The molecular formula is C18H21N7O. The van der Waals surface area contributed by atoms with Crippen LogP contribution >= 0.6 is 0 Å². The highest BCUT2D eigenvalue weighted by Gasteiger charge is 2.31. The second kappa shape index (κ2) is 6.70. The monoisotopic (exact) mass is 351 g/mol. The predicted molar refractivity (Wildman–Crippen MR) is 95.2 cm³/mol. The number of likely N-dealkylation sites (tertiary alicyclic amines) is 1. The third kappa shape index (κ3) is 3.35. The zero-order valence-electron chi connectivity index (χ0n) is 14.9. The minimum absolute atomic E-state index is 0.00964. The van der Waals surface area contributed by atoms with Crippen LogP contribution in [0.4, 0.5) is 0 Å². The first-order chi connectivity index (χ1) is 12.6. The lowest BCUT2D eigenvalue weighted by Gasteiger charge is -2.38. The van der Waals surface area contributed by atoms with Gasteiger partial charge in [0.15, 0.2) is 0 Å². The summed E-state index contributed by atoms with van der Waals surface area (Å²) in [5.41, 5.74) is 3.10. The van der Waals surface area contributed by atoms with Gasteiger partial charge < -0.3 is 4.90 Å². The van der Waals surface area contributed by atoms with Gasteiger partial charge in [0.05, 0.1) is 11.9 Å². The normalized spacial score (nSPS) is 14.5.